The Labute approximate surface area is 100.0 Å². The van der Waals surface area contributed by atoms with E-state index in [1.807, 2.05) is 30.4 Å². The molecule has 1 unspecified atom stereocenters. The molecule has 0 aliphatic carbocycles. The molecule has 1 atom stereocenters. The Morgan fingerprint density at radius 2 is 2.38 bits per heavy atom. The van der Waals surface area contributed by atoms with Gasteiger partial charge in [0.25, 0.3) is 0 Å². The molecule has 0 bridgehead atoms. The van der Waals surface area contributed by atoms with Crippen LogP contribution in [0.3, 0.4) is 0 Å². The van der Waals surface area contributed by atoms with Crippen LogP contribution >= 0.6 is 11.8 Å². The molecule has 5 heteroatoms. The van der Waals surface area contributed by atoms with E-state index in [1.54, 1.807) is 0 Å². The van der Waals surface area contributed by atoms with Crippen molar-refractivity contribution in [2.45, 2.75) is 19.4 Å². The lowest BCUT2D eigenvalue weighted by Gasteiger charge is -2.26. The third kappa shape index (κ3) is 1.84. The van der Waals surface area contributed by atoms with Crippen LogP contribution in [-0.2, 0) is 7.05 Å². The normalized spacial score (nSPS) is 20.1. The monoisotopic (exact) mass is 239 g/mol. The number of hydrogen-bond acceptors (Lipinski definition) is 4. The van der Waals surface area contributed by atoms with Crippen LogP contribution < -0.4 is 4.90 Å². The highest BCUT2D eigenvalue weighted by molar-refractivity contribution is 7.99. The van der Waals surface area contributed by atoms with Gasteiger partial charge in [0.1, 0.15) is 5.82 Å². The van der Waals surface area contributed by atoms with Crippen LogP contribution in [0.15, 0.2) is 0 Å². The summed E-state index contributed by atoms with van der Waals surface area (Å²) in [5, 5.41) is 4.31. The fraction of sp³-hybridized carbons (Fsp3) is 0.636. The molecule has 1 aliphatic rings. The van der Waals surface area contributed by atoms with Gasteiger partial charge < -0.3 is 4.90 Å². The van der Waals surface area contributed by atoms with Crippen molar-refractivity contribution in [3.05, 3.63) is 11.3 Å². The maximum absolute atomic E-state index is 11.1. The van der Waals surface area contributed by atoms with E-state index in [0.29, 0.717) is 6.04 Å². The first-order valence-corrected chi connectivity index (χ1v) is 6.60. The minimum absolute atomic E-state index is 0.526. The zero-order chi connectivity index (χ0) is 11.7. The van der Waals surface area contributed by atoms with Crippen LogP contribution in [0.2, 0.25) is 0 Å². The average Bonchev–Trinajstić information content (AvgIpc) is 2.84. The second-order valence-electron chi connectivity index (χ2n) is 4.19. The number of hydrogen-bond donors (Lipinski definition) is 0. The summed E-state index contributed by atoms with van der Waals surface area (Å²) < 4.78 is 1.81. The summed E-state index contributed by atoms with van der Waals surface area (Å²) in [4.78, 5) is 13.3. The Morgan fingerprint density at radius 3 is 2.94 bits per heavy atom. The Morgan fingerprint density at radius 1 is 1.62 bits per heavy atom. The second-order valence-corrected chi connectivity index (χ2v) is 5.34. The fourth-order valence-corrected chi connectivity index (χ4v) is 3.49. The smallest absolute Gasteiger partial charge is 0.155 e. The summed E-state index contributed by atoms with van der Waals surface area (Å²) in [7, 11) is 3.95. The van der Waals surface area contributed by atoms with E-state index < -0.39 is 0 Å². The van der Waals surface area contributed by atoms with Crippen molar-refractivity contribution in [3.8, 4) is 0 Å². The molecule has 88 valence electrons. The number of carbonyl (C=O) groups is 1. The van der Waals surface area contributed by atoms with E-state index in [4.69, 9.17) is 0 Å². The van der Waals surface area contributed by atoms with Gasteiger partial charge in [-0.15, -0.1) is 0 Å². The highest BCUT2D eigenvalue weighted by atomic mass is 32.2. The molecular weight excluding hydrogens is 222 g/mol. The molecule has 16 heavy (non-hydrogen) atoms. The van der Waals surface area contributed by atoms with Crippen molar-refractivity contribution in [2.24, 2.45) is 7.05 Å². The van der Waals surface area contributed by atoms with Crippen molar-refractivity contribution in [2.75, 3.05) is 23.5 Å². The number of rotatable bonds is 3. The SMILES string of the molecule is Cc1nn(C)c(N(C)C2CCSC2)c1C=O. The molecule has 0 saturated carbocycles. The van der Waals surface area contributed by atoms with E-state index in [-0.39, 0.29) is 0 Å². The molecule has 0 amide bonds. The van der Waals surface area contributed by atoms with Crippen LogP contribution in [0.1, 0.15) is 22.5 Å². The third-order valence-corrected chi connectivity index (χ3v) is 4.29. The van der Waals surface area contributed by atoms with Crippen LogP contribution in [0.25, 0.3) is 0 Å². The van der Waals surface area contributed by atoms with Gasteiger partial charge in [0, 0.05) is 25.9 Å². The van der Waals surface area contributed by atoms with Gasteiger partial charge in [-0.1, -0.05) is 0 Å². The molecule has 0 spiro atoms. The van der Waals surface area contributed by atoms with Gasteiger partial charge in [-0.05, 0) is 19.1 Å². The summed E-state index contributed by atoms with van der Waals surface area (Å²) >= 11 is 1.97. The van der Waals surface area contributed by atoms with E-state index >= 15 is 0 Å². The first-order valence-electron chi connectivity index (χ1n) is 5.44. The lowest BCUT2D eigenvalue weighted by Crippen LogP contribution is -2.33. The van der Waals surface area contributed by atoms with Gasteiger partial charge in [0.2, 0.25) is 0 Å². The highest BCUT2D eigenvalue weighted by Gasteiger charge is 2.25. The van der Waals surface area contributed by atoms with Crippen LogP contribution in [0.5, 0.6) is 0 Å². The molecule has 1 saturated heterocycles. The molecule has 4 nitrogen and oxygen atoms in total. The van der Waals surface area contributed by atoms with E-state index in [9.17, 15) is 4.79 Å². The molecule has 0 aromatic carbocycles. The first kappa shape index (κ1) is 11.5. The Hall–Kier alpha value is -0.970. The van der Waals surface area contributed by atoms with Gasteiger partial charge in [-0.25, -0.2) is 0 Å². The lowest BCUT2D eigenvalue weighted by atomic mass is 10.2. The van der Waals surface area contributed by atoms with Gasteiger partial charge in [0.15, 0.2) is 6.29 Å². The van der Waals surface area contributed by atoms with Gasteiger partial charge in [0.05, 0.1) is 11.3 Å². The van der Waals surface area contributed by atoms with Crippen LogP contribution in [0, 0.1) is 6.92 Å². The second kappa shape index (κ2) is 4.49. The number of aromatic nitrogens is 2. The largest absolute Gasteiger partial charge is 0.355 e. The fourth-order valence-electron chi connectivity index (χ4n) is 2.22. The van der Waals surface area contributed by atoms with Gasteiger partial charge in [-0.3, -0.25) is 9.48 Å². The molecule has 1 aromatic heterocycles. The number of anilines is 1. The summed E-state index contributed by atoms with van der Waals surface area (Å²) in [6.45, 7) is 1.88. The van der Waals surface area contributed by atoms with E-state index in [0.717, 1.165) is 29.1 Å². The zero-order valence-electron chi connectivity index (χ0n) is 9.93. The highest BCUT2D eigenvalue weighted by Crippen LogP contribution is 2.28. The first-order chi connectivity index (χ1) is 7.65. The van der Waals surface area contributed by atoms with Crippen molar-refractivity contribution >= 4 is 23.9 Å². The molecule has 0 N–H and O–H groups in total. The number of aryl methyl sites for hydroxylation is 2. The summed E-state index contributed by atoms with van der Waals surface area (Å²) in [6.07, 6.45) is 2.10. The number of aldehydes is 1. The number of thioether (sulfide) groups is 1. The Bertz CT molecular complexity index is 396. The van der Waals surface area contributed by atoms with Crippen molar-refractivity contribution in [1.29, 1.82) is 0 Å². The average molecular weight is 239 g/mol. The summed E-state index contributed by atoms with van der Waals surface area (Å²) in [5.41, 5.74) is 1.53. The minimum atomic E-state index is 0.526. The Balaban J connectivity index is 2.34. The molecular formula is C11H17N3OS. The van der Waals surface area contributed by atoms with Crippen LogP contribution in [-0.4, -0.2) is 40.7 Å². The van der Waals surface area contributed by atoms with Crippen molar-refractivity contribution < 1.29 is 4.79 Å². The molecule has 2 heterocycles. The molecule has 0 radical (unpaired) electrons. The van der Waals surface area contributed by atoms with Gasteiger partial charge >= 0.3 is 0 Å². The maximum atomic E-state index is 11.1. The van der Waals surface area contributed by atoms with Gasteiger partial charge in [-0.2, -0.15) is 16.9 Å². The predicted molar refractivity (Wildman–Crippen MR) is 67.5 cm³/mol. The minimum Gasteiger partial charge on any atom is -0.355 e. The van der Waals surface area contributed by atoms with E-state index in [1.165, 1.54) is 12.2 Å². The summed E-state index contributed by atoms with van der Waals surface area (Å²) in [5.74, 6) is 3.29. The topological polar surface area (TPSA) is 38.1 Å². The van der Waals surface area contributed by atoms with Crippen molar-refractivity contribution in [1.82, 2.24) is 9.78 Å². The quantitative estimate of drug-likeness (QED) is 0.749. The zero-order valence-corrected chi connectivity index (χ0v) is 10.8. The molecule has 1 fully saturated rings. The number of nitrogens with zero attached hydrogens (tertiary/aromatic N) is 3. The standard InChI is InChI=1S/C11H17N3OS/c1-8-10(6-15)11(14(3)12-8)13(2)9-4-5-16-7-9/h6,9H,4-5,7H2,1-3H3. The lowest BCUT2D eigenvalue weighted by molar-refractivity contribution is 0.112. The molecule has 2 rings (SSSR count). The molecule has 1 aliphatic heterocycles. The maximum Gasteiger partial charge on any atom is 0.155 e. The molecule has 1 aromatic rings. The van der Waals surface area contributed by atoms with E-state index in [2.05, 4.69) is 17.0 Å². The number of carbonyl (C=O) groups excluding carboxylic acids is 1. The predicted octanol–water partition coefficient (Wildman–Crippen LogP) is 1.48. The third-order valence-electron chi connectivity index (χ3n) is 3.14. The van der Waals surface area contributed by atoms with Crippen molar-refractivity contribution in [3.63, 3.8) is 0 Å². The van der Waals surface area contributed by atoms with Crippen LogP contribution in [0.4, 0.5) is 5.82 Å². The summed E-state index contributed by atoms with van der Waals surface area (Å²) in [6, 6.07) is 0.526. The Kier molecular flexibility index (Phi) is 3.23.